The average molecular weight is 584 g/mol. The maximum absolute atomic E-state index is 14.5. The van der Waals surface area contributed by atoms with E-state index < -0.39 is 39.4 Å². The monoisotopic (exact) mass is 583 g/mol. The summed E-state index contributed by atoms with van der Waals surface area (Å²) in [6.07, 6.45) is 1.83. The average Bonchev–Trinajstić information content (AvgIpc) is 3.29. The number of sulfonamides is 1. The number of aromatic nitrogens is 2. The molecule has 4 rings (SSSR count). The van der Waals surface area contributed by atoms with Crippen molar-refractivity contribution >= 4 is 44.9 Å². The fourth-order valence-corrected chi connectivity index (χ4v) is 6.28. The Morgan fingerprint density at radius 2 is 2.05 bits per heavy atom. The zero-order valence-electron chi connectivity index (χ0n) is 21.2. The maximum Gasteiger partial charge on any atom is 0.333 e. The number of esters is 1. The van der Waals surface area contributed by atoms with Gasteiger partial charge in [-0.3, -0.25) is 9.10 Å². The summed E-state index contributed by atoms with van der Waals surface area (Å²) in [5, 5.41) is 3.85. The number of hydrogen-bond acceptors (Lipinski definition) is 6. The maximum atomic E-state index is 14.5. The SMILES string of the molecule is COC(=O)CC[C@H]1CN(S(=O)(=O)c2cn(C(F)F)nc2C)c2cc(C=C(C)c3c(F)cccc3Cl)ccc2O1. The lowest BCUT2D eigenvalue weighted by Crippen LogP contribution is -2.43. The van der Waals surface area contributed by atoms with Gasteiger partial charge in [-0.1, -0.05) is 29.8 Å². The Morgan fingerprint density at radius 3 is 2.69 bits per heavy atom. The third-order valence-electron chi connectivity index (χ3n) is 6.19. The molecule has 2 heterocycles. The number of allylic oxidation sites excluding steroid dienone is 1. The summed E-state index contributed by atoms with van der Waals surface area (Å²) in [5.74, 6) is -0.797. The highest BCUT2D eigenvalue weighted by molar-refractivity contribution is 7.92. The van der Waals surface area contributed by atoms with E-state index in [-0.39, 0.29) is 51.8 Å². The van der Waals surface area contributed by atoms with Crippen molar-refractivity contribution in [3.63, 3.8) is 0 Å². The van der Waals surface area contributed by atoms with Crippen molar-refractivity contribution < 1.29 is 35.9 Å². The van der Waals surface area contributed by atoms with Gasteiger partial charge in [-0.05, 0) is 55.7 Å². The normalized spacial score (nSPS) is 15.7. The van der Waals surface area contributed by atoms with Crippen molar-refractivity contribution in [2.24, 2.45) is 0 Å². The third kappa shape index (κ3) is 5.91. The molecule has 1 aliphatic heterocycles. The van der Waals surface area contributed by atoms with Crippen LogP contribution >= 0.6 is 11.6 Å². The van der Waals surface area contributed by atoms with Crippen molar-refractivity contribution in [1.82, 2.24) is 9.78 Å². The molecule has 1 aromatic heterocycles. The van der Waals surface area contributed by atoms with Gasteiger partial charge in [-0.2, -0.15) is 13.9 Å². The number of hydrogen-bond donors (Lipinski definition) is 0. The van der Waals surface area contributed by atoms with Crippen LogP contribution in [0.1, 0.15) is 43.1 Å². The Morgan fingerprint density at radius 1 is 1.31 bits per heavy atom. The molecule has 0 fully saturated rings. The van der Waals surface area contributed by atoms with Gasteiger partial charge in [0.25, 0.3) is 10.0 Å². The Kier molecular flexibility index (Phi) is 8.26. The van der Waals surface area contributed by atoms with E-state index in [2.05, 4.69) is 9.84 Å². The molecule has 0 saturated carbocycles. The van der Waals surface area contributed by atoms with E-state index in [0.29, 0.717) is 11.1 Å². The number of nitrogens with zero attached hydrogens (tertiary/aromatic N) is 3. The number of benzene rings is 2. The summed E-state index contributed by atoms with van der Waals surface area (Å²) in [5.41, 5.74) is 1.26. The Balaban J connectivity index is 1.78. The predicted molar refractivity (Wildman–Crippen MR) is 140 cm³/mol. The van der Waals surface area contributed by atoms with E-state index >= 15 is 0 Å². The van der Waals surface area contributed by atoms with E-state index in [1.807, 2.05) is 0 Å². The van der Waals surface area contributed by atoms with Gasteiger partial charge in [-0.15, -0.1) is 0 Å². The zero-order chi connectivity index (χ0) is 28.5. The van der Waals surface area contributed by atoms with Gasteiger partial charge < -0.3 is 9.47 Å². The first-order chi connectivity index (χ1) is 18.4. The van der Waals surface area contributed by atoms with Crippen molar-refractivity contribution in [3.05, 3.63) is 70.3 Å². The van der Waals surface area contributed by atoms with Gasteiger partial charge in [0.1, 0.15) is 22.6 Å². The van der Waals surface area contributed by atoms with Crippen molar-refractivity contribution in [2.45, 2.75) is 44.2 Å². The second-order valence-electron chi connectivity index (χ2n) is 8.88. The van der Waals surface area contributed by atoms with Crippen LogP contribution in [0.5, 0.6) is 5.75 Å². The number of rotatable bonds is 8. The van der Waals surface area contributed by atoms with Gasteiger partial charge in [0.15, 0.2) is 0 Å². The Labute approximate surface area is 228 Å². The van der Waals surface area contributed by atoms with E-state index in [1.54, 1.807) is 31.2 Å². The molecule has 0 radical (unpaired) electrons. The van der Waals surface area contributed by atoms with Crippen LogP contribution in [0.2, 0.25) is 5.02 Å². The van der Waals surface area contributed by atoms with Crippen LogP contribution in [0.3, 0.4) is 0 Å². The molecule has 8 nitrogen and oxygen atoms in total. The molecule has 2 aromatic carbocycles. The van der Waals surface area contributed by atoms with E-state index in [4.69, 9.17) is 16.3 Å². The first kappa shape index (κ1) is 28.5. The van der Waals surface area contributed by atoms with Crippen LogP contribution in [-0.2, 0) is 19.6 Å². The molecule has 0 aliphatic carbocycles. The molecule has 0 saturated heterocycles. The van der Waals surface area contributed by atoms with Crippen LogP contribution in [0.15, 0.2) is 47.5 Å². The predicted octanol–water partition coefficient (Wildman–Crippen LogP) is 5.85. The summed E-state index contributed by atoms with van der Waals surface area (Å²) < 4.78 is 80.5. The molecule has 1 aliphatic rings. The van der Waals surface area contributed by atoms with Gasteiger partial charge >= 0.3 is 12.5 Å². The zero-order valence-corrected chi connectivity index (χ0v) is 22.8. The van der Waals surface area contributed by atoms with Gasteiger partial charge in [0, 0.05) is 12.0 Å². The topological polar surface area (TPSA) is 90.7 Å². The number of halogens is 4. The van der Waals surface area contributed by atoms with Gasteiger partial charge in [-0.25, -0.2) is 17.5 Å². The first-order valence-electron chi connectivity index (χ1n) is 11.8. The number of alkyl halides is 2. The molecule has 3 aromatic rings. The molecule has 208 valence electrons. The third-order valence-corrected chi connectivity index (χ3v) is 8.39. The summed E-state index contributed by atoms with van der Waals surface area (Å²) in [6, 6.07) is 9.08. The summed E-state index contributed by atoms with van der Waals surface area (Å²) in [6.45, 7) is -0.235. The van der Waals surface area contributed by atoms with Crippen LogP contribution in [0.4, 0.5) is 18.9 Å². The summed E-state index contributed by atoms with van der Waals surface area (Å²) in [4.78, 5) is 11.3. The number of carbonyl (C=O) groups excluding carboxylic acids is 1. The molecular formula is C26H25ClF3N3O5S. The van der Waals surface area contributed by atoms with Crippen LogP contribution in [0, 0.1) is 12.7 Å². The first-order valence-corrected chi connectivity index (χ1v) is 13.6. The molecular weight excluding hydrogens is 559 g/mol. The molecule has 0 bridgehead atoms. The van der Waals surface area contributed by atoms with Crippen LogP contribution < -0.4 is 9.04 Å². The van der Waals surface area contributed by atoms with E-state index in [1.165, 1.54) is 32.2 Å². The lowest BCUT2D eigenvalue weighted by molar-refractivity contribution is -0.141. The molecule has 13 heteroatoms. The smallest absolute Gasteiger partial charge is 0.333 e. The van der Waals surface area contributed by atoms with E-state index in [9.17, 15) is 26.4 Å². The minimum atomic E-state index is -4.39. The Hall–Kier alpha value is -3.51. The second kappa shape index (κ2) is 11.3. The number of carbonyl (C=O) groups is 1. The van der Waals surface area contributed by atoms with Gasteiger partial charge in [0.2, 0.25) is 0 Å². The molecule has 0 spiro atoms. The lowest BCUT2D eigenvalue weighted by atomic mass is 10.0. The quantitative estimate of drug-likeness (QED) is 0.244. The number of ether oxygens (including phenoxy) is 2. The summed E-state index contributed by atoms with van der Waals surface area (Å²) >= 11 is 6.19. The second-order valence-corrected chi connectivity index (χ2v) is 11.1. The molecule has 1 atom stereocenters. The molecule has 0 N–H and O–H groups in total. The highest BCUT2D eigenvalue weighted by Gasteiger charge is 2.37. The van der Waals surface area contributed by atoms with Crippen molar-refractivity contribution in [3.8, 4) is 5.75 Å². The number of fused-ring (bicyclic) bond motifs is 1. The highest BCUT2D eigenvalue weighted by Crippen LogP contribution is 2.40. The Bertz CT molecular complexity index is 1520. The largest absolute Gasteiger partial charge is 0.486 e. The van der Waals surface area contributed by atoms with Crippen molar-refractivity contribution in [1.29, 1.82) is 0 Å². The minimum absolute atomic E-state index is 0.0177. The molecule has 39 heavy (non-hydrogen) atoms. The van der Waals surface area contributed by atoms with Crippen LogP contribution in [0.25, 0.3) is 11.6 Å². The standard InChI is InChI=1S/C26H25ClF3N3O5S/c1-15(25-19(27)5-4-6-20(25)28)11-17-7-9-22-21(12-17)33(13-18(38-22)8-10-24(34)37-3)39(35,36)23-14-32(26(29)30)31-16(23)2/h4-7,9,11-12,14,18,26H,8,10,13H2,1-3H3/t18-/m0/s1. The fourth-order valence-electron chi connectivity index (χ4n) is 4.31. The lowest BCUT2D eigenvalue weighted by Gasteiger charge is -2.35. The summed E-state index contributed by atoms with van der Waals surface area (Å²) in [7, 11) is -3.15. The molecule has 0 unspecified atom stereocenters. The van der Waals surface area contributed by atoms with E-state index in [0.717, 1.165) is 10.5 Å². The minimum Gasteiger partial charge on any atom is -0.486 e. The number of methoxy groups -OCH3 is 1. The fraction of sp³-hybridized carbons (Fsp3) is 0.308. The highest BCUT2D eigenvalue weighted by atomic mass is 35.5. The number of aryl methyl sites for hydroxylation is 1. The number of anilines is 1. The molecule has 0 amide bonds. The van der Waals surface area contributed by atoms with Crippen LogP contribution in [-0.4, -0.2) is 43.9 Å². The van der Waals surface area contributed by atoms with Gasteiger partial charge in [0.05, 0.1) is 36.3 Å². The van der Waals surface area contributed by atoms with Crippen molar-refractivity contribution in [2.75, 3.05) is 18.0 Å².